The molecule has 2 aliphatic heterocycles. The Hall–Kier alpha value is -2.26. The van der Waals surface area contributed by atoms with Crippen LogP contribution in [0.5, 0.6) is 0 Å². The fraction of sp³-hybridized carbons (Fsp3) is 0.636. The van der Waals surface area contributed by atoms with Gasteiger partial charge in [-0.2, -0.15) is 5.10 Å². The molecule has 4 rings (SSSR count). The lowest BCUT2D eigenvalue weighted by Crippen LogP contribution is -2.40. The molecule has 4 heterocycles. The highest BCUT2D eigenvalue weighted by Gasteiger charge is 2.39. The van der Waals surface area contributed by atoms with Crippen molar-refractivity contribution in [1.29, 1.82) is 0 Å². The van der Waals surface area contributed by atoms with E-state index < -0.39 is 0 Å². The molecule has 0 aliphatic carbocycles. The van der Waals surface area contributed by atoms with E-state index in [2.05, 4.69) is 10.3 Å². The van der Waals surface area contributed by atoms with Gasteiger partial charge in [-0.3, -0.25) is 9.48 Å². The van der Waals surface area contributed by atoms with Gasteiger partial charge in [0.2, 0.25) is 0 Å². The molecule has 1 saturated heterocycles. The van der Waals surface area contributed by atoms with Crippen molar-refractivity contribution in [3.63, 3.8) is 0 Å². The summed E-state index contributed by atoms with van der Waals surface area (Å²) in [6.07, 6.45) is 4.84. The van der Waals surface area contributed by atoms with Crippen molar-refractivity contribution in [2.24, 2.45) is 5.41 Å². The van der Waals surface area contributed by atoms with Crippen LogP contribution in [0.4, 0.5) is 0 Å². The second-order valence-electron chi connectivity index (χ2n) is 8.28. The maximum atomic E-state index is 12.8. The van der Waals surface area contributed by atoms with Gasteiger partial charge in [0.05, 0.1) is 17.3 Å². The Morgan fingerprint density at radius 2 is 2.16 bits per heavy atom. The van der Waals surface area contributed by atoms with Crippen molar-refractivity contribution in [3.05, 3.63) is 33.0 Å². The molecule has 0 saturated carbocycles. The molecular weight excluding hydrogens is 416 g/mol. The van der Waals surface area contributed by atoms with E-state index in [1.807, 2.05) is 18.5 Å². The maximum Gasteiger partial charge on any atom is 0.357 e. The number of aromatic nitrogens is 3. The second kappa shape index (κ2) is 9.48. The fourth-order valence-electron chi connectivity index (χ4n) is 4.41. The third kappa shape index (κ3) is 4.67. The Kier molecular flexibility index (Phi) is 6.71. The van der Waals surface area contributed by atoms with Gasteiger partial charge in [-0.1, -0.05) is 6.92 Å². The number of ether oxygens (including phenoxy) is 2. The van der Waals surface area contributed by atoms with E-state index in [0.717, 1.165) is 55.2 Å². The van der Waals surface area contributed by atoms with Crippen molar-refractivity contribution in [1.82, 2.24) is 20.1 Å². The number of nitrogens with zero attached hydrogens (tertiary/aromatic N) is 3. The van der Waals surface area contributed by atoms with E-state index in [0.29, 0.717) is 43.9 Å². The molecule has 2 aliphatic rings. The molecule has 2 aromatic heterocycles. The number of fused-ring (bicyclic) bond motifs is 1. The van der Waals surface area contributed by atoms with Crippen LogP contribution in [0, 0.1) is 5.41 Å². The minimum absolute atomic E-state index is 0.0313. The van der Waals surface area contributed by atoms with Gasteiger partial charge >= 0.3 is 5.97 Å². The van der Waals surface area contributed by atoms with E-state index in [1.54, 1.807) is 5.38 Å². The van der Waals surface area contributed by atoms with Crippen LogP contribution in [-0.4, -0.2) is 53.0 Å². The van der Waals surface area contributed by atoms with Crippen LogP contribution < -0.4 is 5.32 Å². The molecule has 0 unspecified atom stereocenters. The number of carbonyl (C=O) groups excluding carboxylic acids is 2. The van der Waals surface area contributed by atoms with Gasteiger partial charge < -0.3 is 14.8 Å². The number of carbonyl (C=O) groups is 2. The number of hydrogen-bond acceptors (Lipinski definition) is 7. The third-order valence-electron chi connectivity index (χ3n) is 6.23. The first kappa shape index (κ1) is 22.0. The predicted molar refractivity (Wildman–Crippen MR) is 117 cm³/mol. The van der Waals surface area contributed by atoms with Crippen LogP contribution in [0.3, 0.4) is 0 Å². The summed E-state index contributed by atoms with van der Waals surface area (Å²) in [7, 11) is 0. The van der Waals surface area contributed by atoms with Gasteiger partial charge in [0.25, 0.3) is 5.91 Å². The van der Waals surface area contributed by atoms with Gasteiger partial charge in [-0.15, -0.1) is 11.3 Å². The zero-order valence-electron chi connectivity index (χ0n) is 18.2. The van der Waals surface area contributed by atoms with Crippen LogP contribution in [0.25, 0.3) is 0 Å². The molecule has 2 aromatic rings. The summed E-state index contributed by atoms with van der Waals surface area (Å²) in [6, 6.07) is 0. The first-order chi connectivity index (χ1) is 15.0. The molecule has 1 fully saturated rings. The Morgan fingerprint density at radius 1 is 1.35 bits per heavy atom. The number of aryl methyl sites for hydroxylation is 3. The average Bonchev–Trinajstić information content (AvgIpc) is 3.37. The molecule has 0 aromatic carbocycles. The second-order valence-corrected chi connectivity index (χ2v) is 9.22. The summed E-state index contributed by atoms with van der Waals surface area (Å²) in [6.45, 7) is 7.10. The first-order valence-electron chi connectivity index (χ1n) is 11.1. The normalized spacial score (nSPS) is 17.8. The molecule has 9 heteroatoms. The molecule has 0 radical (unpaired) electrons. The van der Waals surface area contributed by atoms with Crippen molar-refractivity contribution in [3.8, 4) is 0 Å². The van der Waals surface area contributed by atoms with E-state index in [9.17, 15) is 9.59 Å². The fourth-order valence-corrected chi connectivity index (χ4v) is 5.12. The van der Waals surface area contributed by atoms with Gasteiger partial charge in [-0.25, -0.2) is 9.78 Å². The Labute approximate surface area is 186 Å². The molecule has 1 spiro atoms. The Balaban J connectivity index is 1.44. The van der Waals surface area contributed by atoms with Crippen molar-refractivity contribution in [2.75, 3.05) is 26.4 Å². The molecule has 8 nitrogen and oxygen atoms in total. The van der Waals surface area contributed by atoms with Crippen LogP contribution >= 0.6 is 11.3 Å². The number of thiazole rings is 1. The highest BCUT2D eigenvalue weighted by Crippen LogP contribution is 2.37. The summed E-state index contributed by atoms with van der Waals surface area (Å²) in [4.78, 5) is 29.3. The molecule has 31 heavy (non-hydrogen) atoms. The highest BCUT2D eigenvalue weighted by molar-refractivity contribution is 7.09. The van der Waals surface area contributed by atoms with Crippen molar-refractivity contribution >= 4 is 23.2 Å². The van der Waals surface area contributed by atoms with Gasteiger partial charge in [0.15, 0.2) is 5.69 Å². The Morgan fingerprint density at radius 3 is 2.87 bits per heavy atom. The van der Waals surface area contributed by atoms with E-state index in [1.165, 1.54) is 11.3 Å². The van der Waals surface area contributed by atoms with Crippen LogP contribution in [0.2, 0.25) is 0 Å². The largest absolute Gasteiger partial charge is 0.461 e. The predicted octanol–water partition coefficient (Wildman–Crippen LogP) is 2.79. The zero-order chi connectivity index (χ0) is 21.8. The number of rotatable bonds is 7. The molecule has 1 amide bonds. The monoisotopic (exact) mass is 446 g/mol. The summed E-state index contributed by atoms with van der Waals surface area (Å²) < 4.78 is 12.8. The highest BCUT2D eigenvalue weighted by atomic mass is 32.1. The molecule has 168 valence electrons. The summed E-state index contributed by atoms with van der Waals surface area (Å²) >= 11 is 1.48. The molecule has 0 atom stereocenters. The lowest BCUT2D eigenvalue weighted by molar-refractivity contribution is 0.0160. The maximum absolute atomic E-state index is 12.8. The van der Waals surface area contributed by atoms with Crippen molar-refractivity contribution in [2.45, 2.75) is 58.9 Å². The number of esters is 1. The third-order valence-corrected chi connectivity index (χ3v) is 7.23. The smallest absolute Gasteiger partial charge is 0.357 e. The first-order valence-corrected chi connectivity index (χ1v) is 12.0. The van der Waals surface area contributed by atoms with Crippen molar-refractivity contribution < 1.29 is 19.1 Å². The number of nitrogens with one attached hydrogen (secondary N) is 1. The topological polar surface area (TPSA) is 95.3 Å². The lowest BCUT2D eigenvalue weighted by atomic mass is 9.75. The van der Waals surface area contributed by atoms with Crippen LogP contribution in [-0.2, 0) is 35.3 Å². The Bertz CT molecular complexity index is 945. The van der Waals surface area contributed by atoms with Gasteiger partial charge in [-0.05, 0) is 50.9 Å². The minimum Gasteiger partial charge on any atom is -0.461 e. The van der Waals surface area contributed by atoms with E-state index in [-0.39, 0.29) is 17.3 Å². The summed E-state index contributed by atoms with van der Waals surface area (Å²) in [5.74, 6) is -0.421. The van der Waals surface area contributed by atoms with Gasteiger partial charge in [0.1, 0.15) is 5.69 Å². The summed E-state index contributed by atoms with van der Waals surface area (Å²) in [5, 5.41) is 10.5. The standard InChI is InChI=1S/C22H30N4O4S/c1-3-18-24-17(13-31-18)21(28)30-9-5-6-16-15-12-22(7-10-29-11-8-22)14-23-20(27)19(15)26(4-2)25-16/h13H,3-12,14H2,1-2H3,(H,23,27). The minimum atomic E-state index is -0.380. The van der Waals surface area contributed by atoms with Crippen LogP contribution in [0.1, 0.15) is 70.4 Å². The van der Waals surface area contributed by atoms with E-state index in [4.69, 9.17) is 14.6 Å². The van der Waals surface area contributed by atoms with Gasteiger partial charge in [0, 0.05) is 37.2 Å². The molecule has 0 bridgehead atoms. The zero-order valence-corrected chi connectivity index (χ0v) is 19.1. The number of amides is 1. The van der Waals surface area contributed by atoms with E-state index >= 15 is 0 Å². The van der Waals surface area contributed by atoms with Crippen LogP contribution in [0.15, 0.2) is 5.38 Å². The quantitative estimate of drug-likeness (QED) is 0.519. The molecular formula is C22H30N4O4S. The number of hydrogen-bond donors (Lipinski definition) is 1. The summed E-state index contributed by atoms with van der Waals surface area (Å²) in [5.41, 5.74) is 3.09. The lowest BCUT2D eigenvalue weighted by Gasteiger charge is -2.36. The average molecular weight is 447 g/mol. The SMILES string of the molecule is CCc1nc(C(=O)OCCCc2nn(CC)c3c2CC2(CCOCC2)CNC3=O)cs1. The molecule has 1 N–H and O–H groups in total.